The van der Waals surface area contributed by atoms with E-state index in [2.05, 4.69) is 5.32 Å². The summed E-state index contributed by atoms with van der Waals surface area (Å²) in [4.78, 5) is 0. The van der Waals surface area contributed by atoms with Crippen molar-refractivity contribution in [1.29, 1.82) is 0 Å². The van der Waals surface area contributed by atoms with Crippen molar-refractivity contribution >= 4 is 17.3 Å². The molecule has 3 nitrogen and oxygen atoms in total. The van der Waals surface area contributed by atoms with Crippen LogP contribution in [0.2, 0.25) is 5.02 Å². The molecule has 2 aromatic carbocycles. The van der Waals surface area contributed by atoms with Gasteiger partial charge in [0.05, 0.1) is 5.69 Å². The van der Waals surface area contributed by atoms with Gasteiger partial charge in [0.15, 0.2) is 11.5 Å². The number of anilines is 1. The van der Waals surface area contributed by atoms with E-state index in [-0.39, 0.29) is 5.82 Å². The van der Waals surface area contributed by atoms with E-state index >= 15 is 0 Å². The molecule has 1 aliphatic rings. The molecule has 20 heavy (non-hydrogen) atoms. The smallest absolute Gasteiger partial charge is 0.161 e. The molecule has 0 spiro atoms. The monoisotopic (exact) mass is 293 g/mol. The van der Waals surface area contributed by atoms with Crippen LogP contribution in [-0.2, 0) is 6.54 Å². The fraction of sp³-hybridized carbons (Fsp3) is 0.200. The quantitative estimate of drug-likeness (QED) is 0.932. The molecule has 0 aliphatic carbocycles. The molecule has 0 bridgehead atoms. The van der Waals surface area contributed by atoms with Gasteiger partial charge >= 0.3 is 0 Å². The van der Waals surface area contributed by atoms with Crippen molar-refractivity contribution in [2.45, 2.75) is 6.54 Å². The molecule has 1 aliphatic heterocycles. The molecule has 0 saturated heterocycles. The van der Waals surface area contributed by atoms with Crippen molar-refractivity contribution in [3.05, 3.63) is 52.8 Å². The van der Waals surface area contributed by atoms with Gasteiger partial charge in [0.2, 0.25) is 0 Å². The van der Waals surface area contributed by atoms with E-state index < -0.39 is 0 Å². The first-order valence-corrected chi connectivity index (χ1v) is 6.67. The summed E-state index contributed by atoms with van der Waals surface area (Å²) in [6, 6.07) is 10.1. The zero-order valence-electron chi connectivity index (χ0n) is 10.7. The number of ether oxygens (including phenoxy) is 2. The standard InChI is InChI=1S/C15H13ClFNO2/c16-11-2-3-12(17)13(8-11)18-9-10-1-4-14-15(7-10)20-6-5-19-14/h1-4,7-8,18H,5-6,9H2. The maximum atomic E-state index is 13.6. The van der Waals surface area contributed by atoms with Gasteiger partial charge in [0, 0.05) is 11.6 Å². The molecule has 0 fully saturated rings. The summed E-state index contributed by atoms with van der Waals surface area (Å²) in [7, 11) is 0. The van der Waals surface area contributed by atoms with Crippen LogP contribution in [0.15, 0.2) is 36.4 Å². The lowest BCUT2D eigenvalue weighted by molar-refractivity contribution is 0.171. The van der Waals surface area contributed by atoms with Gasteiger partial charge in [-0.05, 0) is 35.9 Å². The van der Waals surface area contributed by atoms with Crippen LogP contribution < -0.4 is 14.8 Å². The minimum absolute atomic E-state index is 0.327. The zero-order chi connectivity index (χ0) is 13.9. The van der Waals surface area contributed by atoms with Crippen LogP contribution >= 0.6 is 11.6 Å². The van der Waals surface area contributed by atoms with Crippen molar-refractivity contribution in [2.75, 3.05) is 18.5 Å². The van der Waals surface area contributed by atoms with Crippen LogP contribution in [0.5, 0.6) is 11.5 Å². The van der Waals surface area contributed by atoms with Gasteiger partial charge in [-0.2, -0.15) is 0 Å². The minimum atomic E-state index is -0.327. The molecule has 1 heterocycles. The molecule has 1 N–H and O–H groups in total. The first kappa shape index (κ1) is 13.1. The van der Waals surface area contributed by atoms with Gasteiger partial charge in [-0.1, -0.05) is 17.7 Å². The summed E-state index contributed by atoms with van der Waals surface area (Å²) in [5.41, 5.74) is 1.36. The van der Waals surface area contributed by atoms with Crippen molar-refractivity contribution in [2.24, 2.45) is 0 Å². The first-order valence-electron chi connectivity index (χ1n) is 6.30. The van der Waals surface area contributed by atoms with E-state index in [4.69, 9.17) is 21.1 Å². The maximum Gasteiger partial charge on any atom is 0.161 e. The Morgan fingerprint density at radius 1 is 1.05 bits per heavy atom. The summed E-state index contributed by atoms with van der Waals surface area (Å²) in [5.74, 6) is 1.14. The Bertz CT molecular complexity index is 633. The topological polar surface area (TPSA) is 30.5 Å². The average Bonchev–Trinajstić information content (AvgIpc) is 2.48. The SMILES string of the molecule is Fc1ccc(Cl)cc1NCc1ccc2c(c1)OCCO2. The first-order chi connectivity index (χ1) is 9.72. The molecule has 0 atom stereocenters. The Labute approximate surface area is 121 Å². The third-order valence-electron chi connectivity index (χ3n) is 3.02. The molecule has 5 heteroatoms. The predicted molar refractivity (Wildman–Crippen MR) is 76.2 cm³/mol. The fourth-order valence-electron chi connectivity index (χ4n) is 2.03. The van der Waals surface area contributed by atoms with E-state index in [0.29, 0.717) is 30.5 Å². The van der Waals surface area contributed by atoms with Crippen LogP contribution in [0.25, 0.3) is 0 Å². The molecule has 0 radical (unpaired) electrons. The number of nitrogens with one attached hydrogen (secondary N) is 1. The van der Waals surface area contributed by atoms with Gasteiger partial charge in [0.1, 0.15) is 19.0 Å². The summed E-state index contributed by atoms with van der Waals surface area (Å²) in [6.07, 6.45) is 0. The second-order valence-corrected chi connectivity index (χ2v) is 4.89. The van der Waals surface area contributed by atoms with Crippen LogP contribution in [0.4, 0.5) is 10.1 Å². The van der Waals surface area contributed by atoms with Crippen molar-refractivity contribution in [1.82, 2.24) is 0 Å². The number of hydrogen-bond acceptors (Lipinski definition) is 3. The Morgan fingerprint density at radius 2 is 1.85 bits per heavy atom. The summed E-state index contributed by atoms with van der Waals surface area (Å²) in [5, 5.41) is 3.52. The number of halogens is 2. The average molecular weight is 294 g/mol. The van der Waals surface area contributed by atoms with Gasteiger partial charge in [-0.25, -0.2) is 4.39 Å². The van der Waals surface area contributed by atoms with Crippen molar-refractivity contribution in [3.63, 3.8) is 0 Å². The van der Waals surface area contributed by atoms with Gasteiger partial charge in [-0.3, -0.25) is 0 Å². The molecule has 104 valence electrons. The van der Waals surface area contributed by atoms with E-state index in [9.17, 15) is 4.39 Å². The van der Waals surface area contributed by atoms with Gasteiger partial charge in [-0.15, -0.1) is 0 Å². The molecular weight excluding hydrogens is 281 g/mol. The van der Waals surface area contributed by atoms with Crippen LogP contribution in [0.3, 0.4) is 0 Å². The fourth-order valence-corrected chi connectivity index (χ4v) is 2.20. The Kier molecular flexibility index (Phi) is 3.65. The minimum Gasteiger partial charge on any atom is -0.486 e. The Hall–Kier alpha value is -1.94. The number of fused-ring (bicyclic) bond motifs is 1. The highest BCUT2D eigenvalue weighted by Crippen LogP contribution is 2.31. The molecule has 3 rings (SSSR count). The van der Waals surface area contributed by atoms with Crippen LogP contribution in [-0.4, -0.2) is 13.2 Å². The lowest BCUT2D eigenvalue weighted by atomic mass is 10.2. The van der Waals surface area contributed by atoms with Crippen molar-refractivity contribution in [3.8, 4) is 11.5 Å². The van der Waals surface area contributed by atoms with Gasteiger partial charge < -0.3 is 14.8 Å². The van der Waals surface area contributed by atoms with Gasteiger partial charge in [0.25, 0.3) is 0 Å². The highest BCUT2D eigenvalue weighted by Gasteiger charge is 2.11. The second kappa shape index (κ2) is 5.59. The Balaban J connectivity index is 1.73. The second-order valence-electron chi connectivity index (χ2n) is 4.46. The summed E-state index contributed by atoms with van der Waals surface area (Å²) >= 11 is 5.85. The van der Waals surface area contributed by atoms with Crippen LogP contribution in [0, 0.1) is 5.82 Å². The highest BCUT2D eigenvalue weighted by molar-refractivity contribution is 6.30. The third-order valence-corrected chi connectivity index (χ3v) is 3.25. The number of rotatable bonds is 3. The van der Waals surface area contributed by atoms with E-state index in [1.54, 1.807) is 6.07 Å². The number of benzene rings is 2. The van der Waals surface area contributed by atoms with E-state index in [1.165, 1.54) is 12.1 Å². The van der Waals surface area contributed by atoms with E-state index in [1.807, 2.05) is 18.2 Å². The summed E-state index contributed by atoms with van der Waals surface area (Å²) in [6.45, 7) is 1.60. The predicted octanol–water partition coefficient (Wildman–Crippen LogP) is 3.86. The maximum absolute atomic E-state index is 13.6. The van der Waals surface area contributed by atoms with E-state index in [0.717, 1.165) is 17.1 Å². The molecular formula is C15H13ClFNO2. The lowest BCUT2D eigenvalue weighted by Crippen LogP contribution is -2.15. The van der Waals surface area contributed by atoms with Crippen molar-refractivity contribution < 1.29 is 13.9 Å². The number of hydrogen-bond donors (Lipinski definition) is 1. The lowest BCUT2D eigenvalue weighted by Gasteiger charge is -2.19. The molecule has 0 saturated carbocycles. The third kappa shape index (κ3) is 2.80. The highest BCUT2D eigenvalue weighted by atomic mass is 35.5. The molecule has 0 aromatic heterocycles. The largest absolute Gasteiger partial charge is 0.486 e. The zero-order valence-corrected chi connectivity index (χ0v) is 11.4. The van der Waals surface area contributed by atoms with Crippen LogP contribution in [0.1, 0.15) is 5.56 Å². The molecule has 0 amide bonds. The molecule has 2 aromatic rings. The Morgan fingerprint density at radius 3 is 2.70 bits per heavy atom. The molecule has 0 unspecified atom stereocenters. The normalized spacial score (nSPS) is 13.1. The summed E-state index contributed by atoms with van der Waals surface area (Å²) < 4.78 is 24.5.